The van der Waals surface area contributed by atoms with Crippen LogP contribution < -0.4 is 28.4 Å². The van der Waals surface area contributed by atoms with E-state index in [2.05, 4.69) is 106 Å². The fraction of sp³-hybridized carbons (Fsp3) is 0.296. The number of aromatic amines is 5. The lowest BCUT2D eigenvalue weighted by Crippen LogP contribution is -2.31. The van der Waals surface area contributed by atoms with Crippen molar-refractivity contribution >= 4 is 125 Å². The highest BCUT2D eigenvalue weighted by Crippen LogP contribution is 2.41. The van der Waals surface area contributed by atoms with Crippen molar-refractivity contribution in [3.63, 3.8) is 0 Å². The molecular formula is C81H82Cl6F2N18O7. The molecule has 13 aromatic heterocycles. The second kappa shape index (κ2) is 36.3. The van der Waals surface area contributed by atoms with Gasteiger partial charge in [-0.3, -0.25) is 62.7 Å². The largest absolute Gasteiger partial charge is 0.394 e. The van der Waals surface area contributed by atoms with Gasteiger partial charge in [-0.15, -0.1) is 0 Å². The number of halogens is 8. The van der Waals surface area contributed by atoms with Gasteiger partial charge in [0.15, 0.2) is 28.2 Å². The molecule has 25 nitrogen and oxygen atoms in total. The molecule has 0 aliphatic rings. The third kappa shape index (κ3) is 17.4. The van der Waals surface area contributed by atoms with Gasteiger partial charge in [0.1, 0.15) is 11.6 Å². The molecule has 15 aromatic rings. The SMILES string of the molecule is CC(C)(C)n1c(=O)[nH]c2ncc(Cl)c(-c3ccc(F)cc3)c21.CCC(CC)n1c(=O)[nH]c2ncc(Cl)c(-c3cc(C)ccn3)c21.CCC(CC)n1c(=O)[nH]c2ncc(Cl)c(-c3cccc(C)n3)c21.CCC(CC)n1c(=O)[nH]c2ncc(Cl)c(-c3cncc(Cl)c3)c21.O=c1[nH]c2ncc(Cl)c(-c3ccc(F)cc3)c2n1C(CO)CO. The number of aliphatic hydroxyl groups excluding tert-OH is 2. The van der Waals surface area contributed by atoms with Gasteiger partial charge in [-0.1, -0.05) is 141 Å². The predicted octanol–water partition coefficient (Wildman–Crippen LogP) is 18.3. The molecule has 0 aliphatic heterocycles. The van der Waals surface area contributed by atoms with E-state index in [-0.39, 0.29) is 57.4 Å². The number of aliphatic hydroxyl groups is 2. The summed E-state index contributed by atoms with van der Waals surface area (Å²) in [5.41, 5.74) is 12.7. The Bertz CT molecular complexity index is 5940. The van der Waals surface area contributed by atoms with E-state index >= 15 is 0 Å². The second-order valence-corrected chi connectivity index (χ2v) is 30.2. The Morgan fingerprint density at radius 1 is 0.404 bits per heavy atom. The lowest BCUT2D eigenvalue weighted by molar-refractivity contribution is 0.155. The number of benzene rings is 2. The molecule has 0 amide bonds. The van der Waals surface area contributed by atoms with E-state index in [9.17, 15) is 43.0 Å². The van der Waals surface area contributed by atoms with Gasteiger partial charge in [0.05, 0.1) is 88.4 Å². The molecule has 594 valence electrons. The summed E-state index contributed by atoms with van der Waals surface area (Å²) in [6, 6.07) is 22.5. The van der Waals surface area contributed by atoms with E-state index in [1.54, 1.807) is 67.5 Å². The first-order valence-electron chi connectivity index (χ1n) is 36.7. The van der Waals surface area contributed by atoms with Crippen molar-refractivity contribution in [2.75, 3.05) is 13.2 Å². The number of rotatable bonds is 17. The molecule has 0 bridgehead atoms. The maximum Gasteiger partial charge on any atom is 0.328 e. The van der Waals surface area contributed by atoms with Crippen LogP contribution in [0.2, 0.25) is 30.1 Å². The summed E-state index contributed by atoms with van der Waals surface area (Å²) < 4.78 is 34.5. The van der Waals surface area contributed by atoms with Crippen LogP contribution in [0, 0.1) is 25.5 Å². The number of nitrogens with one attached hydrogen (secondary N) is 5. The lowest BCUT2D eigenvalue weighted by Gasteiger charge is -2.22. The Hall–Kier alpha value is -10.5. The minimum atomic E-state index is -0.837. The molecule has 2 aromatic carbocycles. The van der Waals surface area contributed by atoms with E-state index in [4.69, 9.17) is 69.6 Å². The Labute approximate surface area is 681 Å². The highest BCUT2D eigenvalue weighted by atomic mass is 35.5. The summed E-state index contributed by atoms with van der Waals surface area (Å²) in [7, 11) is 0. The standard InChI is InChI=1S/2C17H19ClN4O.C16H16Cl2N4O.C16H15ClFN3O.C15H13ClFN3O3/c1-4-11(5-2)22-15-14(13-8-10(3)6-7-19-13)12(18)9-20-16(15)21-17(22)23;1-4-11(5-2)22-15-14(13-8-6-7-10(3)20-13)12(18)9-19-16(15)21-17(22)23;1-3-11(4-2)22-14-13(9-5-10(17)7-19-6-9)12(18)8-20-15(14)21-16(22)23;1-16(2,3)21-13-12(9-4-6-10(18)7-5-9)11(17)8-19-14(13)20-15(21)22;16-11-5-18-14-13(12(11)8-1-3-9(17)4-2-8)20(15(23)19-14)10(6-21)7-22/h6-9,11H,4-5H2,1-3H3,(H,20,21,23);6-9,11H,4-5H2,1-3H3,(H,19,21,23);5-8,11H,3-4H2,1-2H3,(H,20,21,23);4-8H,1-3H3,(H,19,20,22);1-5,10,21-22H,6-7H2,(H,18,19,23). The van der Waals surface area contributed by atoms with E-state index in [1.807, 2.05) is 65.0 Å². The number of aromatic nitrogens is 18. The third-order valence-corrected chi connectivity index (χ3v) is 21.0. The summed E-state index contributed by atoms with van der Waals surface area (Å²) in [6.07, 6.45) is 17.6. The lowest BCUT2D eigenvalue weighted by atomic mass is 10.0. The van der Waals surface area contributed by atoms with E-state index in [0.717, 1.165) is 100 Å². The third-order valence-electron chi connectivity index (χ3n) is 19.4. The number of nitrogens with zero attached hydrogens (tertiary/aromatic N) is 13. The number of pyridine rings is 8. The van der Waals surface area contributed by atoms with E-state index in [0.29, 0.717) is 80.9 Å². The Balaban J connectivity index is 0.000000141. The van der Waals surface area contributed by atoms with Crippen LogP contribution in [-0.4, -0.2) is 111 Å². The molecule has 0 unspecified atom stereocenters. The van der Waals surface area contributed by atoms with Gasteiger partial charge >= 0.3 is 28.4 Å². The van der Waals surface area contributed by atoms with Crippen molar-refractivity contribution in [1.29, 1.82) is 0 Å². The van der Waals surface area contributed by atoms with Gasteiger partial charge in [0.25, 0.3) is 0 Å². The summed E-state index contributed by atoms with van der Waals surface area (Å²) in [6.45, 7) is 21.2. The van der Waals surface area contributed by atoms with Crippen molar-refractivity contribution in [2.24, 2.45) is 0 Å². The second-order valence-electron chi connectivity index (χ2n) is 27.7. The topological polar surface area (TPSA) is 333 Å². The van der Waals surface area contributed by atoms with Gasteiger partial charge in [-0.25, -0.2) is 57.7 Å². The average molecular weight is 1670 g/mol. The Kier molecular flexibility index (Phi) is 26.9. The Morgan fingerprint density at radius 2 is 0.754 bits per heavy atom. The molecular weight excluding hydrogens is 1590 g/mol. The van der Waals surface area contributed by atoms with Crippen LogP contribution in [0.15, 0.2) is 158 Å². The van der Waals surface area contributed by atoms with Gasteiger partial charge < -0.3 is 10.2 Å². The number of hydrogen-bond donors (Lipinski definition) is 7. The van der Waals surface area contributed by atoms with Crippen LogP contribution in [0.3, 0.4) is 0 Å². The molecule has 0 spiro atoms. The maximum atomic E-state index is 13.2. The minimum Gasteiger partial charge on any atom is -0.394 e. The molecule has 114 heavy (non-hydrogen) atoms. The van der Waals surface area contributed by atoms with Crippen LogP contribution in [0.25, 0.3) is 112 Å². The van der Waals surface area contributed by atoms with Crippen LogP contribution in [-0.2, 0) is 5.54 Å². The Morgan fingerprint density at radius 3 is 1.12 bits per heavy atom. The fourth-order valence-electron chi connectivity index (χ4n) is 14.0. The number of fused-ring (bicyclic) bond motifs is 5. The van der Waals surface area contributed by atoms with E-state index < -0.39 is 36.3 Å². The quantitative estimate of drug-likeness (QED) is 0.0445. The van der Waals surface area contributed by atoms with Gasteiger partial charge in [-0.2, -0.15) is 0 Å². The molecule has 15 rings (SSSR count). The zero-order chi connectivity index (χ0) is 82.3. The zero-order valence-corrected chi connectivity index (χ0v) is 68.5. The molecule has 0 saturated heterocycles. The van der Waals surface area contributed by atoms with Crippen molar-refractivity contribution < 1.29 is 19.0 Å². The smallest absolute Gasteiger partial charge is 0.328 e. The van der Waals surface area contributed by atoms with Crippen molar-refractivity contribution in [3.05, 3.63) is 240 Å². The minimum absolute atomic E-state index is 0.0717. The summed E-state index contributed by atoms with van der Waals surface area (Å²) in [4.78, 5) is 110. The molecule has 13 heterocycles. The first-order valence-corrected chi connectivity index (χ1v) is 39.0. The molecule has 0 fully saturated rings. The molecule has 33 heteroatoms. The van der Waals surface area contributed by atoms with E-state index in [1.165, 1.54) is 59.6 Å². The zero-order valence-electron chi connectivity index (χ0n) is 63.9. The van der Waals surface area contributed by atoms with Crippen LogP contribution in [0.1, 0.15) is 136 Å². The summed E-state index contributed by atoms with van der Waals surface area (Å²) in [5.74, 6) is -0.724. The maximum absolute atomic E-state index is 13.2. The molecule has 0 radical (unpaired) electrons. The number of H-pyrrole nitrogens is 5. The molecule has 7 N–H and O–H groups in total. The van der Waals surface area contributed by atoms with Crippen molar-refractivity contribution in [3.8, 4) is 55.9 Å². The highest BCUT2D eigenvalue weighted by Gasteiger charge is 2.29. The predicted molar refractivity (Wildman–Crippen MR) is 449 cm³/mol. The molecule has 0 saturated carbocycles. The number of aryl methyl sites for hydroxylation is 2. The van der Waals surface area contributed by atoms with Gasteiger partial charge in [0.2, 0.25) is 0 Å². The van der Waals surface area contributed by atoms with Gasteiger partial charge in [0, 0.05) is 112 Å². The number of imidazole rings is 5. The summed E-state index contributed by atoms with van der Waals surface area (Å²) in [5, 5.41) is 21.5. The van der Waals surface area contributed by atoms with Crippen molar-refractivity contribution in [1.82, 2.24) is 87.6 Å². The summed E-state index contributed by atoms with van der Waals surface area (Å²) >= 11 is 37.9. The first-order chi connectivity index (χ1) is 54.5. The van der Waals surface area contributed by atoms with Gasteiger partial charge in [-0.05, 0) is 144 Å². The first kappa shape index (κ1) is 84.4. The average Bonchev–Trinajstić information content (AvgIpc) is 1.62. The fourth-order valence-corrected chi connectivity index (χ4v) is 15.4. The number of hydrogen-bond acceptors (Lipinski definition) is 15. The van der Waals surface area contributed by atoms with Crippen LogP contribution >= 0.6 is 69.6 Å². The van der Waals surface area contributed by atoms with Crippen LogP contribution in [0.4, 0.5) is 8.78 Å². The van der Waals surface area contributed by atoms with Crippen LogP contribution in [0.5, 0.6) is 0 Å². The normalized spacial score (nSPS) is 11.6. The monoisotopic (exact) mass is 1670 g/mol. The highest BCUT2D eigenvalue weighted by molar-refractivity contribution is 6.37. The van der Waals surface area contributed by atoms with Crippen molar-refractivity contribution in [2.45, 2.75) is 144 Å². The molecule has 0 atom stereocenters. The molecule has 0 aliphatic carbocycles.